The van der Waals surface area contributed by atoms with Crippen LogP contribution in [-0.4, -0.2) is 38.9 Å². The van der Waals surface area contributed by atoms with Gasteiger partial charge in [0.25, 0.3) is 0 Å². The molecule has 1 fully saturated rings. The first kappa shape index (κ1) is 14.1. The molecule has 23 heavy (non-hydrogen) atoms. The van der Waals surface area contributed by atoms with Crippen molar-refractivity contribution >= 4 is 17.2 Å². The maximum atomic E-state index is 12.2. The number of rotatable bonds is 4. The van der Waals surface area contributed by atoms with Gasteiger partial charge in [-0.3, -0.25) is 4.79 Å². The minimum Gasteiger partial charge on any atom is -0.338 e. The highest BCUT2D eigenvalue weighted by Crippen LogP contribution is 2.24. The van der Waals surface area contributed by atoms with Gasteiger partial charge in [-0.2, -0.15) is 11.3 Å². The van der Waals surface area contributed by atoms with E-state index in [1.807, 2.05) is 62.9 Å². The Hall–Kier alpha value is -2.47. The van der Waals surface area contributed by atoms with Crippen LogP contribution >= 0.6 is 11.3 Å². The molecule has 0 aliphatic carbocycles. The highest BCUT2D eigenvalue weighted by atomic mass is 32.1. The average Bonchev–Trinajstić information content (AvgIpc) is 3.18. The van der Waals surface area contributed by atoms with Crippen LogP contribution in [0.2, 0.25) is 0 Å². The monoisotopic (exact) mass is 324 g/mol. The number of carbonyl (C=O) groups excluding carboxylic acids is 1. The van der Waals surface area contributed by atoms with E-state index < -0.39 is 0 Å². The van der Waals surface area contributed by atoms with Crippen LogP contribution in [0.5, 0.6) is 0 Å². The molecule has 0 atom stereocenters. The van der Waals surface area contributed by atoms with Gasteiger partial charge in [0.15, 0.2) is 0 Å². The van der Waals surface area contributed by atoms with E-state index in [1.165, 1.54) is 0 Å². The summed E-state index contributed by atoms with van der Waals surface area (Å²) in [5.74, 6) is 0.183. The molecule has 1 saturated heterocycles. The van der Waals surface area contributed by atoms with Gasteiger partial charge in [0, 0.05) is 18.7 Å². The maximum Gasteiger partial charge on any atom is 0.227 e. The van der Waals surface area contributed by atoms with Crippen molar-refractivity contribution in [2.75, 3.05) is 13.1 Å². The molecule has 0 saturated carbocycles. The Kier molecular flexibility index (Phi) is 3.67. The number of aromatic nitrogens is 3. The lowest BCUT2D eigenvalue weighted by atomic mass is 10.1. The van der Waals surface area contributed by atoms with Crippen LogP contribution in [0.25, 0.3) is 11.3 Å². The molecule has 0 radical (unpaired) electrons. The van der Waals surface area contributed by atoms with Crippen LogP contribution in [0.3, 0.4) is 0 Å². The molecule has 0 unspecified atom stereocenters. The number of carbonyl (C=O) groups is 1. The minimum atomic E-state index is 0.183. The van der Waals surface area contributed by atoms with Gasteiger partial charge in [0.05, 0.1) is 18.7 Å². The summed E-state index contributed by atoms with van der Waals surface area (Å²) >= 11 is 1.62. The van der Waals surface area contributed by atoms with E-state index in [4.69, 9.17) is 0 Å². The van der Waals surface area contributed by atoms with Crippen LogP contribution in [-0.2, 0) is 11.2 Å². The van der Waals surface area contributed by atoms with Gasteiger partial charge < -0.3 is 4.90 Å². The summed E-state index contributed by atoms with van der Waals surface area (Å²) in [7, 11) is 0. The van der Waals surface area contributed by atoms with E-state index in [-0.39, 0.29) is 11.9 Å². The Labute approximate surface area is 138 Å². The average molecular weight is 324 g/mol. The van der Waals surface area contributed by atoms with Crippen molar-refractivity contribution in [3.8, 4) is 11.3 Å². The number of thiophene rings is 1. The molecular weight excluding hydrogens is 308 g/mol. The van der Waals surface area contributed by atoms with Crippen molar-refractivity contribution in [1.29, 1.82) is 0 Å². The SMILES string of the molecule is O=C(Cc1ccsc1)N1CC(n2cc(-c3ccccc3)nn2)C1. The van der Waals surface area contributed by atoms with Crippen molar-refractivity contribution in [3.05, 3.63) is 58.9 Å². The normalized spacial score (nSPS) is 14.7. The summed E-state index contributed by atoms with van der Waals surface area (Å²) in [4.78, 5) is 14.1. The van der Waals surface area contributed by atoms with Crippen LogP contribution < -0.4 is 0 Å². The predicted molar refractivity (Wildman–Crippen MR) is 89.1 cm³/mol. The van der Waals surface area contributed by atoms with Gasteiger partial charge in [-0.25, -0.2) is 4.68 Å². The van der Waals surface area contributed by atoms with Gasteiger partial charge >= 0.3 is 0 Å². The smallest absolute Gasteiger partial charge is 0.227 e. The minimum absolute atomic E-state index is 0.183. The molecular formula is C17H16N4OS. The zero-order chi connectivity index (χ0) is 15.6. The second-order valence-electron chi connectivity index (χ2n) is 5.71. The topological polar surface area (TPSA) is 51.0 Å². The van der Waals surface area contributed by atoms with Gasteiger partial charge in [0.2, 0.25) is 5.91 Å². The molecule has 4 rings (SSSR count). The molecule has 0 spiro atoms. The van der Waals surface area contributed by atoms with Gasteiger partial charge in [-0.15, -0.1) is 5.10 Å². The summed E-state index contributed by atoms with van der Waals surface area (Å²) < 4.78 is 1.87. The third-order valence-electron chi connectivity index (χ3n) is 4.10. The number of hydrogen-bond acceptors (Lipinski definition) is 4. The molecule has 1 amide bonds. The van der Waals surface area contributed by atoms with Gasteiger partial charge in [-0.05, 0) is 22.4 Å². The predicted octanol–water partition coefficient (Wildman–Crippen LogP) is 2.63. The molecule has 3 aromatic rings. The lowest BCUT2D eigenvalue weighted by molar-refractivity contribution is -0.136. The lowest BCUT2D eigenvalue weighted by Gasteiger charge is -2.38. The Bertz CT molecular complexity index is 791. The Morgan fingerprint density at radius 1 is 1.22 bits per heavy atom. The lowest BCUT2D eigenvalue weighted by Crippen LogP contribution is -2.51. The number of amides is 1. The fraction of sp³-hybridized carbons (Fsp3) is 0.235. The summed E-state index contributed by atoms with van der Waals surface area (Å²) in [6.45, 7) is 1.42. The zero-order valence-electron chi connectivity index (χ0n) is 12.5. The van der Waals surface area contributed by atoms with Crippen LogP contribution in [0.15, 0.2) is 53.4 Å². The second-order valence-corrected chi connectivity index (χ2v) is 6.49. The highest BCUT2D eigenvalue weighted by molar-refractivity contribution is 7.08. The van der Waals surface area contributed by atoms with E-state index in [2.05, 4.69) is 10.3 Å². The largest absolute Gasteiger partial charge is 0.338 e. The molecule has 6 heteroatoms. The number of likely N-dealkylation sites (tertiary alicyclic amines) is 1. The third-order valence-corrected chi connectivity index (χ3v) is 4.84. The first-order chi connectivity index (χ1) is 11.3. The fourth-order valence-electron chi connectivity index (χ4n) is 2.70. The van der Waals surface area contributed by atoms with Crippen LogP contribution in [0, 0.1) is 0 Å². The molecule has 2 aromatic heterocycles. The first-order valence-electron chi connectivity index (χ1n) is 7.56. The van der Waals surface area contributed by atoms with Crippen molar-refractivity contribution in [1.82, 2.24) is 19.9 Å². The fourth-order valence-corrected chi connectivity index (χ4v) is 3.37. The molecule has 1 aromatic carbocycles. The van der Waals surface area contributed by atoms with Crippen molar-refractivity contribution in [2.45, 2.75) is 12.5 Å². The van der Waals surface area contributed by atoms with Crippen molar-refractivity contribution < 1.29 is 4.79 Å². The van der Waals surface area contributed by atoms with Crippen molar-refractivity contribution in [2.24, 2.45) is 0 Å². The van der Waals surface area contributed by atoms with E-state index in [1.54, 1.807) is 11.3 Å². The molecule has 116 valence electrons. The summed E-state index contributed by atoms with van der Waals surface area (Å²) in [6, 6.07) is 12.2. The van der Waals surface area contributed by atoms with E-state index >= 15 is 0 Å². The zero-order valence-corrected chi connectivity index (χ0v) is 13.3. The number of hydrogen-bond donors (Lipinski definition) is 0. The van der Waals surface area contributed by atoms with Crippen LogP contribution in [0.1, 0.15) is 11.6 Å². The summed E-state index contributed by atoms with van der Waals surface area (Å²) in [5.41, 5.74) is 3.02. The van der Waals surface area contributed by atoms with E-state index in [0.717, 1.165) is 16.8 Å². The second kappa shape index (κ2) is 5.96. The number of benzene rings is 1. The van der Waals surface area contributed by atoms with Gasteiger partial charge in [0.1, 0.15) is 5.69 Å². The van der Waals surface area contributed by atoms with E-state index in [0.29, 0.717) is 19.5 Å². The first-order valence-corrected chi connectivity index (χ1v) is 8.50. The maximum absolute atomic E-state index is 12.2. The molecule has 3 heterocycles. The summed E-state index contributed by atoms with van der Waals surface area (Å²) in [5, 5.41) is 12.5. The molecule has 1 aliphatic rings. The van der Waals surface area contributed by atoms with E-state index in [9.17, 15) is 4.79 Å². The van der Waals surface area contributed by atoms with Crippen LogP contribution in [0.4, 0.5) is 0 Å². The Morgan fingerprint density at radius 3 is 2.78 bits per heavy atom. The van der Waals surface area contributed by atoms with Crippen molar-refractivity contribution in [3.63, 3.8) is 0 Å². The molecule has 0 bridgehead atoms. The highest BCUT2D eigenvalue weighted by Gasteiger charge is 2.32. The molecule has 0 N–H and O–H groups in total. The molecule has 1 aliphatic heterocycles. The number of nitrogens with zero attached hydrogens (tertiary/aromatic N) is 4. The standard InChI is InChI=1S/C17H16N4OS/c22-17(8-13-6-7-23-12-13)20-9-15(10-20)21-11-16(18-19-21)14-4-2-1-3-5-14/h1-7,11-12,15H,8-10H2. The van der Waals surface area contributed by atoms with Gasteiger partial charge in [-0.1, -0.05) is 35.5 Å². The third kappa shape index (κ3) is 2.90. The Morgan fingerprint density at radius 2 is 2.04 bits per heavy atom. The summed E-state index contributed by atoms with van der Waals surface area (Å²) in [6.07, 6.45) is 2.45. The molecule has 5 nitrogen and oxygen atoms in total. The quantitative estimate of drug-likeness (QED) is 0.741. The Balaban J connectivity index is 1.37.